The monoisotopic (exact) mass is 476 g/mol. The Bertz CT molecular complexity index is 1350. The van der Waals surface area contributed by atoms with Crippen molar-refractivity contribution in [3.8, 4) is 11.5 Å². The molecule has 1 unspecified atom stereocenters. The number of benzene rings is 3. The van der Waals surface area contributed by atoms with Gasteiger partial charge in [-0.05, 0) is 48.7 Å². The summed E-state index contributed by atoms with van der Waals surface area (Å²) in [6.07, 6.45) is 0. The number of para-hydroxylation sites is 2. The van der Waals surface area contributed by atoms with E-state index in [1.807, 2.05) is 30.3 Å². The molecular formula is C25H20N2O6S. The molecule has 0 saturated carbocycles. The SMILES string of the molecule is CC(c1cc2ccccc2s1)N(O)C(=O)NC(=O)c1ccccc1OC(=O)c1ccccc1O. The van der Waals surface area contributed by atoms with Crippen molar-refractivity contribution in [2.75, 3.05) is 0 Å². The molecule has 172 valence electrons. The molecule has 0 fully saturated rings. The van der Waals surface area contributed by atoms with Gasteiger partial charge >= 0.3 is 12.0 Å². The van der Waals surface area contributed by atoms with Gasteiger partial charge in [-0.3, -0.25) is 15.3 Å². The van der Waals surface area contributed by atoms with Crippen LogP contribution in [-0.4, -0.2) is 33.3 Å². The van der Waals surface area contributed by atoms with Gasteiger partial charge in [0.15, 0.2) is 0 Å². The maximum atomic E-state index is 12.8. The minimum atomic E-state index is -1.03. The first-order valence-electron chi connectivity index (χ1n) is 10.3. The number of aromatic hydroxyl groups is 1. The van der Waals surface area contributed by atoms with Crippen molar-refractivity contribution < 1.29 is 29.4 Å². The van der Waals surface area contributed by atoms with Crippen LogP contribution in [0.25, 0.3) is 10.1 Å². The number of amides is 3. The van der Waals surface area contributed by atoms with Gasteiger partial charge in [-0.1, -0.05) is 42.5 Å². The number of hydroxylamine groups is 2. The Labute approximate surface area is 198 Å². The normalized spacial score (nSPS) is 11.6. The number of ether oxygens (including phenoxy) is 1. The van der Waals surface area contributed by atoms with Crippen molar-refractivity contribution in [1.29, 1.82) is 0 Å². The number of phenols is 1. The second kappa shape index (κ2) is 9.74. The number of imide groups is 1. The molecule has 8 nitrogen and oxygen atoms in total. The molecule has 0 bridgehead atoms. The maximum absolute atomic E-state index is 12.8. The van der Waals surface area contributed by atoms with Crippen molar-refractivity contribution >= 4 is 39.3 Å². The fourth-order valence-electron chi connectivity index (χ4n) is 3.27. The molecule has 3 amide bonds. The summed E-state index contributed by atoms with van der Waals surface area (Å²) in [7, 11) is 0. The summed E-state index contributed by atoms with van der Waals surface area (Å²) in [4.78, 5) is 38.5. The number of hydrogen-bond acceptors (Lipinski definition) is 7. The average molecular weight is 477 g/mol. The zero-order valence-corrected chi connectivity index (χ0v) is 18.8. The van der Waals surface area contributed by atoms with Crippen LogP contribution in [0.4, 0.5) is 4.79 Å². The van der Waals surface area contributed by atoms with Crippen LogP contribution in [0.5, 0.6) is 11.5 Å². The minimum Gasteiger partial charge on any atom is -0.507 e. The molecule has 1 aromatic heterocycles. The Morgan fingerprint density at radius 2 is 1.59 bits per heavy atom. The lowest BCUT2D eigenvalue weighted by molar-refractivity contribution is -0.0726. The van der Waals surface area contributed by atoms with Gasteiger partial charge in [0, 0.05) is 9.58 Å². The zero-order valence-electron chi connectivity index (χ0n) is 18.0. The molecule has 0 aliphatic heterocycles. The van der Waals surface area contributed by atoms with Crippen LogP contribution in [0.15, 0.2) is 78.9 Å². The Balaban J connectivity index is 1.47. The lowest BCUT2D eigenvalue weighted by Gasteiger charge is -2.21. The highest BCUT2D eigenvalue weighted by atomic mass is 32.1. The van der Waals surface area contributed by atoms with E-state index < -0.39 is 23.9 Å². The number of carbonyl (C=O) groups excluding carboxylic acids is 3. The molecule has 9 heteroatoms. The first kappa shape index (κ1) is 23.0. The number of esters is 1. The summed E-state index contributed by atoms with van der Waals surface area (Å²) >= 11 is 1.43. The summed E-state index contributed by atoms with van der Waals surface area (Å²) in [5.74, 6) is -2.11. The lowest BCUT2D eigenvalue weighted by Crippen LogP contribution is -2.42. The van der Waals surface area contributed by atoms with Gasteiger partial charge in [0.25, 0.3) is 5.91 Å². The largest absolute Gasteiger partial charge is 0.507 e. The van der Waals surface area contributed by atoms with E-state index in [-0.39, 0.29) is 22.6 Å². The molecule has 0 radical (unpaired) electrons. The number of rotatable bonds is 5. The third kappa shape index (κ3) is 4.75. The summed E-state index contributed by atoms with van der Waals surface area (Å²) in [6, 6.07) is 19.5. The third-order valence-electron chi connectivity index (χ3n) is 5.11. The topological polar surface area (TPSA) is 116 Å². The lowest BCUT2D eigenvalue weighted by atomic mass is 10.1. The van der Waals surface area contributed by atoms with Crippen LogP contribution in [0.3, 0.4) is 0 Å². The van der Waals surface area contributed by atoms with Crippen LogP contribution >= 0.6 is 11.3 Å². The van der Waals surface area contributed by atoms with Gasteiger partial charge in [0.2, 0.25) is 0 Å². The van der Waals surface area contributed by atoms with Gasteiger partial charge in [-0.15, -0.1) is 11.3 Å². The number of hydrogen-bond donors (Lipinski definition) is 3. The summed E-state index contributed by atoms with van der Waals surface area (Å²) in [5, 5.41) is 23.8. The summed E-state index contributed by atoms with van der Waals surface area (Å²) < 4.78 is 6.29. The minimum absolute atomic E-state index is 0.0764. The highest BCUT2D eigenvalue weighted by Crippen LogP contribution is 2.32. The predicted molar refractivity (Wildman–Crippen MR) is 126 cm³/mol. The van der Waals surface area contributed by atoms with Crippen molar-refractivity contribution in [2.24, 2.45) is 0 Å². The maximum Gasteiger partial charge on any atom is 0.348 e. The fraction of sp³-hybridized carbons (Fsp3) is 0.0800. The standard InChI is InChI=1S/C25H20N2O6S/c1-15(22-14-16-8-2-7-13-21(16)34-22)27(32)25(31)26-23(29)18-10-4-6-12-20(18)33-24(30)17-9-3-5-11-19(17)28/h2-15,28,32H,1H3,(H,26,29,31). The molecule has 4 aromatic rings. The van der Waals surface area contributed by atoms with E-state index in [0.717, 1.165) is 15.0 Å². The number of phenolic OH excluding ortho intramolecular Hbond substituents is 1. The predicted octanol–water partition coefficient (Wildman–Crippen LogP) is 5.13. The smallest absolute Gasteiger partial charge is 0.348 e. The first-order chi connectivity index (χ1) is 16.3. The number of nitrogens with one attached hydrogen (secondary N) is 1. The molecule has 0 saturated heterocycles. The Morgan fingerprint density at radius 1 is 0.941 bits per heavy atom. The first-order valence-corrected chi connectivity index (χ1v) is 11.1. The number of thiophene rings is 1. The van der Waals surface area contributed by atoms with E-state index in [9.17, 15) is 24.7 Å². The summed E-state index contributed by atoms with van der Waals surface area (Å²) in [5.41, 5.74) is -0.171. The van der Waals surface area contributed by atoms with E-state index in [2.05, 4.69) is 5.32 Å². The van der Waals surface area contributed by atoms with E-state index in [1.54, 1.807) is 25.1 Å². The van der Waals surface area contributed by atoms with Crippen LogP contribution < -0.4 is 10.1 Å². The number of carbonyl (C=O) groups is 3. The van der Waals surface area contributed by atoms with Crippen molar-refractivity contribution in [3.63, 3.8) is 0 Å². The molecule has 0 spiro atoms. The highest BCUT2D eigenvalue weighted by Gasteiger charge is 2.25. The van der Waals surface area contributed by atoms with Crippen LogP contribution in [0, 0.1) is 0 Å². The van der Waals surface area contributed by atoms with E-state index in [4.69, 9.17) is 4.74 Å². The molecule has 4 rings (SSSR count). The van der Waals surface area contributed by atoms with E-state index >= 15 is 0 Å². The van der Waals surface area contributed by atoms with Gasteiger partial charge in [0.1, 0.15) is 17.1 Å². The van der Waals surface area contributed by atoms with Crippen molar-refractivity contribution in [3.05, 3.63) is 94.9 Å². The van der Waals surface area contributed by atoms with Gasteiger partial charge in [-0.25, -0.2) is 9.59 Å². The number of urea groups is 1. The van der Waals surface area contributed by atoms with E-state index in [0.29, 0.717) is 5.06 Å². The molecule has 3 N–H and O–H groups in total. The second-order valence-electron chi connectivity index (χ2n) is 7.37. The zero-order chi connectivity index (χ0) is 24.2. The second-order valence-corrected chi connectivity index (χ2v) is 8.48. The number of fused-ring (bicyclic) bond motifs is 1. The molecule has 0 aliphatic carbocycles. The van der Waals surface area contributed by atoms with Crippen LogP contribution in [0.2, 0.25) is 0 Å². The van der Waals surface area contributed by atoms with Crippen LogP contribution in [0.1, 0.15) is 38.6 Å². The average Bonchev–Trinajstić information content (AvgIpc) is 3.28. The van der Waals surface area contributed by atoms with Crippen LogP contribution in [-0.2, 0) is 0 Å². The van der Waals surface area contributed by atoms with Gasteiger partial charge in [0.05, 0.1) is 11.6 Å². The molecule has 1 heterocycles. The summed E-state index contributed by atoms with van der Waals surface area (Å²) in [6.45, 7) is 1.64. The molecule has 1 atom stereocenters. The molecular weight excluding hydrogens is 456 g/mol. The Hall–Kier alpha value is -4.21. The Morgan fingerprint density at radius 3 is 2.32 bits per heavy atom. The van der Waals surface area contributed by atoms with E-state index in [1.165, 1.54) is 41.7 Å². The highest BCUT2D eigenvalue weighted by molar-refractivity contribution is 7.19. The fourth-order valence-corrected chi connectivity index (χ4v) is 4.37. The molecule has 3 aromatic carbocycles. The quantitative estimate of drug-likeness (QED) is 0.159. The van der Waals surface area contributed by atoms with Gasteiger partial charge in [-0.2, -0.15) is 5.06 Å². The Kier molecular flexibility index (Phi) is 6.58. The van der Waals surface area contributed by atoms with Crippen molar-refractivity contribution in [1.82, 2.24) is 10.4 Å². The molecule has 0 aliphatic rings. The van der Waals surface area contributed by atoms with Gasteiger partial charge < -0.3 is 9.84 Å². The number of nitrogens with zero attached hydrogens (tertiary/aromatic N) is 1. The molecule has 34 heavy (non-hydrogen) atoms. The van der Waals surface area contributed by atoms with Crippen molar-refractivity contribution in [2.45, 2.75) is 13.0 Å². The third-order valence-corrected chi connectivity index (χ3v) is 6.40.